The molecule has 1 aliphatic carbocycles. The van der Waals surface area contributed by atoms with Gasteiger partial charge in [-0.05, 0) is 0 Å². The van der Waals surface area contributed by atoms with Crippen LogP contribution < -0.4 is 8.44 Å². The molecule has 7 heteroatoms. The predicted octanol–water partition coefficient (Wildman–Crippen LogP) is 0.586. The van der Waals surface area contributed by atoms with Crippen LogP contribution in [0.15, 0.2) is 18.2 Å². The van der Waals surface area contributed by atoms with Crippen LogP contribution in [0.3, 0.4) is 0 Å². The van der Waals surface area contributed by atoms with E-state index in [4.69, 9.17) is 9.47 Å². The normalized spacial score (nSPS) is 16.3. The second-order valence-electron chi connectivity index (χ2n) is 6.40. The quantitative estimate of drug-likeness (QED) is 0.319. The van der Waals surface area contributed by atoms with E-state index in [1.54, 1.807) is 13.8 Å². The van der Waals surface area contributed by atoms with Gasteiger partial charge in [0.1, 0.15) is 0 Å². The molecule has 1 aromatic carbocycles. The van der Waals surface area contributed by atoms with Gasteiger partial charge in [0.05, 0.1) is 0 Å². The SMILES string of the molecule is CCOC(=O)C(NC(C)=O)(C(=O)OCC)C1CCc2c[c]([Tl])ccc2C1. The zero-order valence-corrected chi connectivity index (χ0v) is 20.0. The summed E-state index contributed by atoms with van der Waals surface area (Å²) in [5.41, 5.74) is 0.552. The first kappa shape index (κ1) is 20.9. The number of benzene rings is 1. The number of fused-ring (bicyclic) bond motifs is 1. The van der Waals surface area contributed by atoms with E-state index >= 15 is 0 Å². The summed E-state index contributed by atoms with van der Waals surface area (Å²) in [5, 5.41) is 2.59. The fourth-order valence-corrected chi connectivity index (χ4v) is 4.69. The number of esters is 2. The van der Waals surface area contributed by atoms with E-state index in [1.165, 1.54) is 15.6 Å². The number of ether oxygens (including phenoxy) is 2. The zero-order valence-electron chi connectivity index (χ0n) is 15.5. The van der Waals surface area contributed by atoms with E-state index in [1.807, 2.05) is 0 Å². The third-order valence-electron chi connectivity index (χ3n) is 4.64. The zero-order chi connectivity index (χ0) is 19.3. The van der Waals surface area contributed by atoms with Crippen LogP contribution >= 0.6 is 0 Å². The molecule has 0 heterocycles. The summed E-state index contributed by atoms with van der Waals surface area (Å²) in [6.07, 6.45) is 1.86. The molecule has 0 aliphatic heterocycles. The molecule has 0 fully saturated rings. The van der Waals surface area contributed by atoms with E-state index in [0.29, 0.717) is 12.8 Å². The van der Waals surface area contributed by atoms with Gasteiger partial charge in [-0.1, -0.05) is 0 Å². The van der Waals surface area contributed by atoms with Gasteiger partial charge in [0.2, 0.25) is 0 Å². The van der Waals surface area contributed by atoms with Crippen molar-refractivity contribution in [2.75, 3.05) is 13.2 Å². The number of rotatable bonds is 6. The summed E-state index contributed by atoms with van der Waals surface area (Å²) in [4.78, 5) is 37.6. The number of carbonyl (C=O) groups excluding carboxylic acids is 3. The predicted molar refractivity (Wildman–Crippen MR) is 97.2 cm³/mol. The van der Waals surface area contributed by atoms with Gasteiger partial charge in [0, 0.05) is 0 Å². The van der Waals surface area contributed by atoms with Gasteiger partial charge in [0.25, 0.3) is 0 Å². The maximum absolute atomic E-state index is 12.9. The number of aryl methyl sites for hydroxylation is 1. The van der Waals surface area contributed by atoms with Gasteiger partial charge < -0.3 is 0 Å². The Morgan fingerprint density at radius 3 is 2.31 bits per heavy atom. The Kier molecular flexibility index (Phi) is 7.19. The Morgan fingerprint density at radius 2 is 1.77 bits per heavy atom. The third-order valence-corrected chi connectivity index (χ3v) is 6.04. The second kappa shape index (κ2) is 8.97. The van der Waals surface area contributed by atoms with Crippen LogP contribution in [-0.4, -0.2) is 62.4 Å². The minimum absolute atomic E-state index is 0.119. The summed E-state index contributed by atoms with van der Waals surface area (Å²) in [6, 6.07) is 6.34. The van der Waals surface area contributed by atoms with Crippen molar-refractivity contribution < 1.29 is 23.9 Å². The molecule has 1 unspecified atom stereocenters. The van der Waals surface area contributed by atoms with Crippen LogP contribution in [0.5, 0.6) is 0 Å². The van der Waals surface area contributed by atoms with E-state index < -0.39 is 29.3 Å². The van der Waals surface area contributed by atoms with Gasteiger partial charge in [-0.2, -0.15) is 0 Å². The first-order valence-electron chi connectivity index (χ1n) is 8.85. The topological polar surface area (TPSA) is 81.7 Å². The molecule has 1 atom stereocenters. The van der Waals surface area contributed by atoms with Crippen molar-refractivity contribution in [3.05, 3.63) is 29.3 Å². The van der Waals surface area contributed by atoms with E-state index in [9.17, 15) is 14.4 Å². The van der Waals surface area contributed by atoms with Crippen LogP contribution in [0.2, 0.25) is 0 Å². The Balaban J connectivity index is 2.47. The van der Waals surface area contributed by atoms with E-state index in [0.717, 1.165) is 37.8 Å². The molecule has 6 nitrogen and oxygen atoms in total. The first-order chi connectivity index (χ1) is 12.3. The summed E-state index contributed by atoms with van der Waals surface area (Å²) >= 11 is 0.764. The van der Waals surface area contributed by atoms with Crippen LogP contribution in [0.25, 0.3) is 0 Å². The number of amides is 1. The minimum atomic E-state index is -1.81. The summed E-state index contributed by atoms with van der Waals surface area (Å²) in [5.74, 6) is -2.38. The van der Waals surface area contributed by atoms with Crippen molar-refractivity contribution >= 4 is 46.7 Å². The average Bonchev–Trinajstić information content (AvgIpc) is 2.59. The fourth-order valence-electron chi connectivity index (χ4n) is 3.53. The number of nitrogens with one attached hydrogen (secondary N) is 1. The molecule has 1 amide bonds. The van der Waals surface area contributed by atoms with Gasteiger partial charge >= 0.3 is 170 Å². The van der Waals surface area contributed by atoms with Crippen molar-refractivity contribution in [3.8, 4) is 0 Å². The first-order valence-corrected chi connectivity index (χ1v) is 11.1. The molecule has 0 saturated heterocycles. The Morgan fingerprint density at radius 1 is 1.15 bits per heavy atom. The van der Waals surface area contributed by atoms with Crippen LogP contribution in [0.1, 0.15) is 38.3 Å². The van der Waals surface area contributed by atoms with Gasteiger partial charge in [-0.3, -0.25) is 0 Å². The summed E-state index contributed by atoms with van der Waals surface area (Å²) < 4.78 is 11.7. The molecule has 0 spiro atoms. The Hall–Kier alpha value is -1.45. The van der Waals surface area contributed by atoms with Gasteiger partial charge in [0.15, 0.2) is 0 Å². The van der Waals surface area contributed by atoms with Crippen molar-refractivity contribution in [2.45, 2.75) is 45.6 Å². The van der Waals surface area contributed by atoms with Gasteiger partial charge in [-0.25, -0.2) is 0 Å². The molecule has 0 aromatic heterocycles. The monoisotopic (exact) mass is 551 g/mol. The molecule has 1 N–H and O–H groups in total. The van der Waals surface area contributed by atoms with Crippen LogP contribution in [0.4, 0.5) is 0 Å². The van der Waals surface area contributed by atoms with Crippen molar-refractivity contribution in [2.24, 2.45) is 5.92 Å². The van der Waals surface area contributed by atoms with Crippen LogP contribution in [-0.2, 0) is 36.7 Å². The molecule has 2 rings (SSSR count). The summed E-state index contributed by atoms with van der Waals surface area (Å²) in [7, 11) is 0. The fraction of sp³-hybridized carbons (Fsp3) is 0.526. The van der Waals surface area contributed by atoms with E-state index in [-0.39, 0.29) is 13.2 Å². The maximum atomic E-state index is 12.9. The number of hydrogen-bond acceptors (Lipinski definition) is 5. The summed E-state index contributed by atoms with van der Waals surface area (Å²) in [6.45, 7) is 4.87. The second-order valence-corrected chi connectivity index (χ2v) is 8.99. The Labute approximate surface area is 169 Å². The van der Waals surface area contributed by atoms with Crippen molar-refractivity contribution in [3.63, 3.8) is 0 Å². The molecular weight excluding hydrogens is 527 g/mol. The standard InChI is InChI=1S/C19H24NO5.Tl/c1-4-24-17(22)19(20-13(3)21,18(23)25-5-2)16-11-10-14-8-6-7-9-15(14)12-16;/h7-9,16H,4-5,10-12H2,1-3H3,(H,20,21);. The molecule has 0 saturated carbocycles. The number of hydrogen-bond donors (Lipinski definition) is 1. The molecule has 0 bridgehead atoms. The van der Waals surface area contributed by atoms with Gasteiger partial charge in [-0.15, -0.1) is 0 Å². The van der Waals surface area contributed by atoms with Crippen molar-refractivity contribution in [1.82, 2.24) is 5.32 Å². The molecule has 138 valence electrons. The van der Waals surface area contributed by atoms with Crippen LogP contribution in [0, 0.1) is 5.92 Å². The molecule has 1 aromatic rings. The molecule has 1 aliphatic rings. The molecule has 0 radical (unpaired) electrons. The van der Waals surface area contributed by atoms with E-state index in [2.05, 4.69) is 23.5 Å². The average molecular weight is 551 g/mol. The number of carbonyl (C=O) groups is 3. The molecule has 26 heavy (non-hydrogen) atoms. The van der Waals surface area contributed by atoms with Crippen molar-refractivity contribution in [1.29, 1.82) is 0 Å². The molecular formula is C19H24NO5Tl. The third kappa shape index (κ3) is 4.27. The Bertz CT molecular complexity index is 685.